The Labute approximate surface area is 431 Å². The van der Waals surface area contributed by atoms with Gasteiger partial charge in [-0.05, 0) is 81.9 Å². The maximum Gasteiger partial charge on any atom is 0.164 e. The van der Waals surface area contributed by atoms with Crippen molar-refractivity contribution in [1.29, 1.82) is 0 Å². The zero-order valence-electron chi connectivity index (χ0n) is 40.5. The van der Waals surface area contributed by atoms with E-state index in [1.165, 1.54) is 10.9 Å². The summed E-state index contributed by atoms with van der Waals surface area (Å²) in [6.07, 6.45) is 0. The topological polar surface area (TPSA) is 61.7 Å². The number of aromatic nitrogens is 5. The van der Waals surface area contributed by atoms with Crippen molar-refractivity contribution >= 4 is 65.6 Å². The second-order valence-electron chi connectivity index (χ2n) is 19.1. The van der Waals surface area contributed by atoms with Crippen molar-refractivity contribution in [2.45, 2.75) is 0 Å². The quantitative estimate of drug-likeness (QED) is 0.152. The lowest BCUT2D eigenvalue weighted by atomic mass is 9.99. The third kappa shape index (κ3) is 6.99. The zero-order chi connectivity index (χ0) is 49.4. The highest BCUT2D eigenvalue weighted by molar-refractivity contribution is 6.26. The molecule has 0 bridgehead atoms. The minimum Gasteiger partial charge on any atom is -0.452 e. The monoisotopic (exact) mass is 957 g/mol. The first-order chi connectivity index (χ1) is 37.2. The molecule has 0 aliphatic heterocycles. The van der Waals surface area contributed by atoms with E-state index < -0.39 is 0 Å². The van der Waals surface area contributed by atoms with Crippen LogP contribution in [0.4, 0.5) is 0 Å². The number of rotatable bonds is 8. The predicted octanol–water partition coefficient (Wildman–Crippen LogP) is 18.0. The van der Waals surface area contributed by atoms with E-state index in [0.717, 1.165) is 116 Å². The molecule has 350 valence electrons. The molecule has 0 aliphatic rings. The van der Waals surface area contributed by atoms with Crippen LogP contribution in [0.15, 0.2) is 265 Å². The second-order valence-corrected chi connectivity index (χ2v) is 19.1. The Hall–Kier alpha value is -10.2. The summed E-state index contributed by atoms with van der Waals surface area (Å²) in [4.78, 5) is 15.8. The zero-order valence-corrected chi connectivity index (χ0v) is 40.5. The lowest BCUT2D eigenvalue weighted by Crippen LogP contribution is -2.02. The van der Waals surface area contributed by atoms with E-state index >= 15 is 0 Å². The summed E-state index contributed by atoms with van der Waals surface area (Å²) < 4.78 is 12.2. The minimum absolute atomic E-state index is 0.577. The number of benzene rings is 11. The van der Waals surface area contributed by atoms with Gasteiger partial charge in [-0.2, -0.15) is 0 Å². The van der Waals surface area contributed by atoms with Crippen LogP contribution in [0.3, 0.4) is 0 Å². The molecule has 0 amide bonds. The predicted molar refractivity (Wildman–Crippen MR) is 308 cm³/mol. The van der Waals surface area contributed by atoms with Crippen LogP contribution < -0.4 is 0 Å². The van der Waals surface area contributed by atoms with Crippen LogP contribution >= 0.6 is 0 Å². The summed E-state index contributed by atoms with van der Waals surface area (Å²) in [6, 6.07) is 92.0. The number of nitrogens with zero attached hydrogens (tertiary/aromatic N) is 5. The van der Waals surface area contributed by atoms with Gasteiger partial charge in [-0.1, -0.05) is 212 Å². The Balaban J connectivity index is 0.938. The van der Waals surface area contributed by atoms with Gasteiger partial charge in [0, 0.05) is 60.4 Å². The van der Waals surface area contributed by atoms with Crippen LogP contribution in [-0.2, 0) is 0 Å². The van der Waals surface area contributed by atoms with Crippen molar-refractivity contribution in [1.82, 2.24) is 24.1 Å². The first kappa shape index (κ1) is 42.5. The van der Waals surface area contributed by atoms with Gasteiger partial charge in [-0.3, -0.25) is 0 Å². The molecule has 0 aliphatic carbocycles. The molecule has 0 saturated heterocycles. The van der Waals surface area contributed by atoms with Crippen molar-refractivity contribution in [2.24, 2.45) is 0 Å². The lowest BCUT2D eigenvalue weighted by molar-refractivity contribution is 0.673. The summed E-state index contributed by atoms with van der Waals surface area (Å²) in [5.74, 6) is 1.77. The van der Waals surface area contributed by atoms with Gasteiger partial charge >= 0.3 is 0 Å². The molecule has 0 fully saturated rings. The second kappa shape index (κ2) is 17.3. The van der Waals surface area contributed by atoms with Gasteiger partial charge in [-0.15, -0.1) is 0 Å². The summed E-state index contributed by atoms with van der Waals surface area (Å²) in [5.41, 5.74) is 17.4. The Bertz CT molecular complexity index is 4690. The van der Waals surface area contributed by atoms with Gasteiger partial charge in [0.05, 0.1) is 22.1 Å². The van der Waals surface area contributed by atoms with Crippen molar-refractivity contribution in [3.63, 3.8) is 0 Å². The Morgan fingerprint density at radius 3 is 1.24 bits per heavy atom. The average Bonchev–Trinajstić information content (AvgIpc) is 4.18. The van der Waals surface area contributed by atoms with E-state index in [-0.39, 0.29) is 0 Å². The van der Waals surface area contributed by atoms with Crippen LogP contribution in [0.1, 0.15) is 0 Å². The van der Waals surface area contributed by atoms with Crippen LogP contribution in [0.5, 0.6) is 0 Å². The largest absolute Gasteiger partial charge is 0.452 e. The molecule has 15 aromatic rings. The Kier molecular flexibility index (Phi) is 9.78. The first-order valence-electron chi connectivity index (χ1n) is 25.3. The molecule has 6 heteroatoms. The third-order valence-corrected chi connectivity index (χ3v) is 14.8. The van der Waals surface area contributed by atoms with E-state index in [4.69, 9.17) is 19.4 Å². The van der Waals surface area contributed by atoms with Crippen LogP contribution in [0.2, 0.25) is 0 Å². The van der Waals surface area contributed by atoms with E-state index in [9.17, 15) is 0 Å². The molecule has 0 unspecified atom stereocenters. The van der Waals surface area contributed by atoms with Crippen LogP contribution in [-0.4, -0.2) is 24.1 Å². The van der Waals surface area contributed by atoms with Crippen LogP contribution in [0.25, 0.3) is 144 Å². The van der Waals surface area contributed by atoms with Crippen molar-refractivity contribution in [2.75, 3.05) is 0 Å². The van der Waals surface area contributed by atoms with Crippen molar-refractivity contribution in [3.05, 3.63) is 261 Å². The molecule has 75 heavy (non-hydrogen) atoms. The highest BCUT2D eigenvalue weighted by Crippen LogP contribution is 2.45. The molecule has 4 aromatic heterocycles. The lowest BCUT2D eigenvalue weighted by Gasteiger charge is -2.13. The SMILES string of the molecule is c1ccc(-c2ccc(-c3nc(-c4cccc(-n5c6ccccc6c6ccc7c8ccc9c%10ccccc%10n(-c%10cccc(-c%11ccccc%11)c%10)c9c8oc7c65)c4)nc(-c4ccccc4-c4ccccc4)n3)cc2)cc1. The van der Waals surface area contributed by atoms with Crippen LogP contribution in [0, 0.1) is 0 Å². The number of furan rings is 1. The van der Waals surface area contributed by atoms with Crippen molar-refractivity contribution < 1.29 is 4.42 Å². The molecule has 0 radical (unpaired) electrons. The third-order valence-electron chi connectivity index (χ3n) is 14.8. The van der Waals surface area contributed by atoms with Gasteiger partial charge in [-0.25, -0.2) is 15.0 Å². The highest BCUT2D eigenvalue weighted by Gasteiger charge is 2.24. The smallest absolute Gasteiger partial charge is 0.164 e. The van der Waals surface area contributed by atoms with E-state index in [0.29, 0.717) is 17.5 Å². The molecular weight excluding hydrogens is 915 g/mol. The molecular formula is C69H43N5O. The van der Waals surface area contributed by atoms with Gasteiger partial charge < -0.3 is 13.6 Å². The average molecular weight is 958 g/mol. The number of fused-ring (bicyclic) bond motifs is 11. The fourth-order valence-corrected chi connectivity index (χ4v) is 11.3. The Morgan fingerprint density at radius 2 is 0.653 bits per heavy atom. The van der Waals surface area contributed by atoms with Crippen molar-refractivity contribution in [3.8, 4) is 78.9 Å². The maximum absolute atomic E-state index is 7.43. The normalized spacial score (nSPS) is 11.7. The molecule has 0 atom stereocenters. The van der Waals surface area contributed by atoms with Gasteiger partial charge in [0.1, 0.15) is 0 Å². The minimum atomic E-state index is 0.577. The highest BCUT2D eigenvalue weighted by atomic mass is 16.3. The summed E-state index contributed by atoms with van der Waals surface area (Å²) >= 11 is 0. The van der Waals surface area contributed by atoms with Gasteiger partial charge in [0.15, 0.2) is 28.6 Å². The molecule has 4 heterocycles. The molecule has 0 N–H and O–H groups in total. The first-order valence-corrected chi connectivity index (χ1v) is 25.3. The fourth-order valence-electron chi connectivity index (χ4n) is 11.3. The molecule has 0 saturated carbocycles. The number of hydrogen-bond acceptors (Lipinski definition) is 4. The van der Waals surface area contributed by atoms with Gasteiger partial charge in [0.2, 0.25) is 0 Å². The standard InChI is InChI=1S/C69H43N5O/c1-4-18-44(19-5-1)46-34-36-48(37-35-46)67-70-68(72-69(71-67)60-31-11-10-28-53(60)47-22-8-3-9-23-47)50-25-17-27-52(43-50)74-62-33-15-13-30-55(62)57-39-41-59-58-40-38-56-54-29-12-14-32-61(54)73(63(56)65(58)75-66(59)64(57)74)51-26-16-24-49(42-51)45-20-6-2-7-21-45/h1-43H. The molecule has 11 aromatic carbocycles. The molecule has 15 rings (SSSR count). The summed E-state index contributed by atoms with van der Waals surface area (Å²) in [5, 5.41) is 6.67. The molecule has 0 spiro atoms. The number of hydrogen-bond donors (Lipinski definition) is 0. The summed E-state index contributed by atoms with van der Waals surface area (Å²) in [7, 11) is 0. The molecule has 6 nitrogen and oxygen atoms in total. The fraction of sp³-hybridized carbons (Fsp3) is 0. The van der Waals surface area contributed by atoms with E-state index in [1.54, 1.807) is 0 Å². The van der Waals surface area contributed by atoms with Gasteiger partial charge in [0.25, 0.3) is 0 Å². The maximum atomic E-state index is 7.43. The Morgan fingerprint density at radius 1 is 0.253 bits per heavy atom. The number of para-hydroxylation sites is 2. The van der Waals surface area contributed by atoms with E-state index in [1.807, 2.05) is 12.1 Å². The summed E-state index contributed by atoms with van der Waals surface area (Å²) in [6.45, 7) is 0. The van der Waals surface area contributed by atoms with E-state index in [2.05, 4.69) is 258 Å².